The standard InChI is InChI=1S/C17H22N4O6S3/c1-2-26-16(22)18-15-19-20-17(29-15)28-12-11-27-13-3-5-14(6-4-13)30(23,24)21-7-9-25-10-8-21/h3-6H,2,7-12H2,1H3,(H,18,19,22). The molecule has 1 N–H and O–H groups in total. The van der Waals surface area contributed by atoms with Gasteiger partial charge in [-0.1, -0.05) is 23.1 Å². The van der Waals surface area contributed by atoms with Gasteiger partial charge in [0.25, 0.3) is 0 Å². The first-order chi connectivity index (χ1) is 14.5. The summed E-state index contributed by atoms with van der Waals surface area (Å²) in [4.78, 5) is 11.6. The molecule has 3 rings (SSSR count). The minimum absolute atomic E-state index is 0.238. The van der Waals surface area contributed by atoms with Gasteiger partial charge in [-0.2, -0.15) is 4.31 Å². The molecule has 13 heteroatoms. The Bertz CT molecular complexity index is 929. The third-order valence-corrected chi connectivity index (χ3v) is 7.75. The maximum absolute atomic E-state index is 12.6. The number of sulfonamides is 1. The van der Waals surface area contributed by atoms with Crippen LogP contribution in [0.1, 0.15) is 6.92 Å². The summed E-state index contributed by atoms with van der Waals surface area (Å²) in [7, 11) is -3.51. The fourth-order valence-electron chi connectivity index (χ4n) is 2.51. The highest BCUT2D eigenvalue weighted by Gasteiger charge is 2.26. The van der Waals surface area contributed by atoms with E-state index < -0.39 is 16.1 Å². The maximum atomic E-state index is 12.6. The summed E-state index contributed by atoms with van der Waals surface area (Å²) in [6.45, 7) is 3.95. The van der Waals surface area contributed by atoms with Crippen LogP contribution in [0.3, 0.4) is 0 Å². The number of aromatic nitrogens is 2. The van der Waals surface area contributed by atoms with E-state index in [1.165, 1.54) is 27.4 Å². The van der Waals surface area contributed by atoms with Crippen LogP contribution < -0.4 is 10.1 Å². The Hall–Kier alpha value is -1.93. The van der Waals surface area contributed by atoms with Crippen molar-refractivity contribution in [2.75, 3.05) is 50.6 Å². The molecular formula is C17H22N4O6S3. The topological polar surface area (TPSA) is 120 Å². The van der Waals surface area contributed by atoms with Crippen molar-refractivity contribution in [2.24, 2.45) is 0 Å². The number of hydrogen-bond donors (Lipinski definition) is 1. The number of nitrogens with one attached hydrogen (secondary N) is 1. The number of anilines is 1. The molecule has 0 saturated carbocycles. The zero-order valence-electron chi connectivity index (χ0n) is 16.3. The van der Waals surface area contributed by atoms with Gasteiger partial charge in [0.15, 0.2) is 4.34 Å². The molecule has 1 fully saturated rings. The Balaban J connectivity index is 1.43. The fourth-order valence-corrected chi connectivity index (χ4v) is 5.54. The van der Waals surface area contributed by atoms with Crippen molar-refractivity contribution < 1.29 is 27.4 Å². The number of ether oxygens (including phenoxy) is 3. The number of thioether (sulfide) groups is 1. The van der Waals surface area contributed by atoms with Gasteiger partial charge in [-0.15, -0.1) is 10.2 Å². The van der Waals surface area contributed by atoms with Crippen LogP contribution in [0.5, 0.6) is 5.75 Å². The summed E-state index contributed by atoms with van der Waals surface area (Å²) in [6, 6.07) is 6.38. The lowest BCUT2D eigenvalue weighted by Crippen LogP contribution is -2.40. The predicted molar refractivity (Wildman–Crippen MR) is 113 cm³/mol. The zero-order valence-corrected chi connectivity index (χ0v) is 18.7. The SMILES string of the molecule is CCOC(=O)Nc1nnc(SCCOc2ccc(S(=O)(=O)N3CCOCC3)cc2)s1. The van der Waals surface area contributed by atoms with Crippen LogP contribution in [-0.4, -0.2) is 74.3 Å². The van der Waals surface area contributed by atoms with Crippen LogP contribution in [0, 0.1) is 0 Å². The molecule has 0 bridgehead atoms. The van der Waals surface area contributed by atoms with Crippen LogP contribution in [0.2, 0.25) is 0 Å². The first-order valence-corrected chi connectivity index (χ1v) is 12.4. The van der Waals surface area contributed by atoms with Crippen LogP contribution >= 0.6 is 23.1 Å². The van der Waals surface area contributed by atoms with E-state index in [1.807, 2.05) is 0 Å². The highest BCUT2D eigenvalue weighted by molar-refractivity contribution is 8.01. The summed E-state index contributed by atoms with van der Waals surface area (Å²) in [5.74, 6) is 1.19. The minimum atomic E-state index is -3.51. The number of hydrogen-bond acceptors (Lipinski definition) is 10. The highest BCUT2D eigenvalue weighted by atomic mass is 32.2. The van der Waals surface area contributed by atoms with Crippen molar-refractivity contribution in [2.45, 2.75) is 16.2 Å². The van der Waals surface area contributed by atoms with Crippen LogP contribution in [0.25, 0.3) is 0 Å². The molecule has 1 aromatic carbocycles. The van der Waals surface area contributed by atoms with E-state index in [0.717, 1.165) is 0 Å². The average Bonchev–Trinajstić information content (AvgIpc) is 3.19. The van der Waals surface area contributed by atoms with Gasteiger partial charge >= 0.3 is 6.09 Å². The Morgan fingerprint density at radius 3 is 2.70 bits per heavy atom. The molecule has 30 heavy (non-hydrogen) atoms. The summed E-state index contributed by atoms with van der Waals surface area (Å²) in [5, 5.41) is 10.7. The van der Waals surface area contributed by atoms with Crippen LogP contribution in [-0.2, 0) is 19.5 Å². The van der Waals surface area contributed by atoms with Crippen molar-refractivity contribution in [3.63, 3.8) is 0 Å². The molecule has 0 radical (unpaired) electrons. The third-order valence-electron chi connectivity index (χ3n) is 3.90. The van der Waals surface area contributed by atoms with E-state index in [1.54, 1.807) is 31.2 Å². The molecule has 0 unspecified atom stereocenters. The largest absolute Gasteiger partial charge is 0.493 e. The number of morpholine rings is 1. The molecule has 1 aromatic heterocycles. The van der Waals surface area contributed by atoms with E-state index in [4.69, 9.17) is 14.2 Å². The molecule has 1 aliphatic heterocycles. The molecule has 2 heterocycles. The average molecular weight is 475 g/mol. The molecule has 0 spiro atoms. The van der Waals surface area contributed by atoms with E-state index in [-0.39, 0.29) is 11.5 Å². The van der Waals surface area contributed by atoms with Crippen molar-refractivity contribution in [3.8, 4) is 5.75 Å². The number of nitrogens with zero attached hydrogens (tertiary/aromatic N) is 3. The summed E-state index contributed by atoms with van der Waals surface area (Å²) in [6.07, 6.45) is -0.562. The Morgan fingerprint density at radius 1 is 1.27 bits per heavy atom. The van der Waals surface area contributed by atoms with E-state index in [2.05, 4.69) is 15.5 Å². The summed E-state index contributed by atoms with van der Waals surface area (Å²) >= 11 is 2.69. The van der Waals surface area contributed by atoms with Crippen molar-refractivity contribution in [1.29, 1.82) is 0 Å². The van der Waals surface area contributed by atoms with Gasteiger partial charge in [0.2, 0.25) is 15.2 Å². The third kappa shape index (κ3) is 6.28. The first-order valence-electron chi connectivity index (χ1n) is 9.20. The first kappa shape index (κ1) is 22.7. The normalized spacial score (nSPS) is 15.0. The Morgan fingerprint density at radius 2 is 2.00 bits per heavy atom. The van der Waals surface area contributed by atoms with E-state index >= 15 is 0 Å². The van der Waals surface area contributed by atoms with Gasteiger partial charge in [0.05, 0.1) is 31.3 Å². The number of carbonyl (C=O) groups is 1. The summed E-state index contributed by atoms with van der Waals surface area (Å²) in [5.41, 5.74) is 0. The van der Waals surface area contributed by atoms with E-state index in [9.17, 15) is 13.2 Å². The Labute approximate surface area is 183 Å². The van der Waals surface area contributed by atoms with Gasteiger partial charge < -0.3 is 14.2 Å². The van der Waals surface area contributed by atoms with Crippen molar-refractivity contribution in [3.05, 3.63) is 24.3 Å². The molecule has 164 valence electrons. The van der Waals surface area contributed by atoms with Gasteiger partial charge in [0.1, 0.15) is 5.75 Å². The van der Waals surface area contributed by atoms with Gasteiger partial charge in [-0.05, 0) is 31.2 Å². The fraction of sp³-hybridized carbons (Fsp3) is 0.471. The molecular weight excluding hydrogens is 452 g/mol. The van der Waals surface area contributed by atoms with Crippen LogP contribution in [0.15, 0.2) is 33.5 Å². The van der Waals surface area contributed by atoms with Crippen molar-refractivity contribution >= 4 is 44.3 Å². The number of amides is 1. The monoisotopic (exact) mass is 474 g/mol. The molecule has 2 aromatic rings. The highest BCUT2D eigenvalue weighted by Crippen LogP contribution is 2.26. The van der Waals surface area contributed by atoms with Gasteiger partial charge in [-0.25, -0.2) is 13.2 Å². The lowest BCUT2D eigenvalue weighted by molar-refractivity contribution is 0.0730. The number of rotatable bonds is 9. The zero-order chi connectivity index (χ0) is 21.4. The van der Waals surface area contributed by atoms with Crippen molar-refractivity contribution in [1.82, 2.24) is 14.5 Å². The molecule has 1 saturated heterocycles. The summed E-state index contributed by atoms with van der Waals surface area (Å²) < 4.78 is 43.0. The maximum Gasteiger partial charge on any atom is 0.413 e. The van der Waals surface area contributed by atoms with Crippen LogP contribution in [0.4, 0.5) is 9.93 Å². The quantitative estimate of drug-likeness (QED) is 0.331. The second kappa shape index (κ2) is 10.9. The molecule has 10 nitrogen and oxygen atoms in total. The van der Waals surface area contributed by atoms with Gasteiger partial charge in [0, 0.05) is 18.8 Å². The number of benzene rings is 1. The molecule has 1 amide bonds. The second-order valence-corrected chi connectivity index (χ2v) is 10.2. The predicted octanol–water partition coefficient (Wildman–Crippen LogP) is 2.30. The smallest absolute Gasteiger partial charge is 0.413 e. The van der Waals surface area contributed by atoms with E-state index in [0.29, 0.717) is 53.9 Å². The number of carbonyl (C=O) groups excluding carboxylic acids is 1. The lowest BCUT2D eigenvalue weighted by atomic mass is 10.3. The molecule has 0 aliphatic carbocycles. The lowest BCUT2D eigenvalue weighted by Gasteiger charge is -2.26. The Kier molecular flexibility index (Phi) is 8.27. The minimum Gasteiger partial charge on any atom is -0.493 e. The molecule has 0 atom stereocenters. The van der Waals surface area contributed by atoms with Gasteiger partial charge in [-0.3, -0.25) is 5.32 Å². The second-order valence-electron chi connectivity index (χ2n) is 5.90. The molecule has 1 aliphatic rings.